The highest BCUT2D eigenvalue weighted by Gasteiger charge is 2.33. The van der Waals surface area contributed by atoms with E-state index in [0.717, 1.165) is 17.7 Å². The van der Waals surface area contributed by atoms with Crippen molar-refractivity contribution in [3.8, 4) is 5.75 Å². The quantitative estimate of drug-likeness (QED) is 0.534. The van der Waals surface area contributed by atoms with Gasteiger partial charge in [0.25, 0.3) is 0 Å². The fraction of sp³-hybridized carbons (Fsp3) is 0.577. The molecule has 0 aliphatic carbocycles. The zero-order valence-electron chi connectivity index (χ0n) is 20.5. The second-order valence-corrected chi connectivity index (χ2v) is 10.1. The van der Waals surface area contributed by atoms with Crippen molar-refractivity contribution < 1.29 is 19.4 Å². The Labute approximate surface area is 202 Å². The van der Waals surface area contributed by atoms with E-state index < -0.39 is 6.10 Å². The summed E-state index contributed by atoms with van der Waals surface area (Å²) in [4.78, 5) is 18.7. The monoisotopic (exact) mass is 474 g/mol. The molecule has 1 aliphatic heterocycles. The van der Waals surface area contributed by atoms with Crippen molar-refractivity contribution in [3.05, 3.63) is 51.2 Å². The molecule has 2 heterocycles. The number of carbonyl (C=O) groups is 1. The van der Waals surface area contributed by atoms with Crippen LogP contribution in [-0.4, -0.2) is 72.4 Å². The van der Waals surface area contributed by atoms with Crippen molar-refractivity contribution >= 4 is 17.2 Å². The van der Waals surface area contributed by atoms with Gasteiger partial charge in [0.05, 0.1) is 31.4 Å². The van der Waals surface area contributed by atoms with Crippen LogP contribution in [0.5, 0.6) is 5.75 Å². The molecule has 0 fully saturated rings. The first-order chi connectivity index (χ1) is 15.8. The number of rotatable bonds is 11. The Kier molecular flexibility index (Phi) is 9.32. The third-order valence-electron chi connectivity index (χ3n) is 6.04. The highest BCUT2D eigenvalue weighted by Crippen LogP contribution is 2.34. The first kappa shape index (κ1) is 25.7. The lowest BCUT2D eigenvalue weighted by molar-refractivity contribution is -0.136. The van der Waals surface area contributed by atoms with Crippen LogP contribution in [-0.2, 0) is 16.0 Å². The Morgan fingerprint density at radius 1 is 1.30 bits per heavy atom. The predicted octanol–water partition coefficient (Wildman–Crippen LogP) is 3.98. The third-order valence-corrected chi connectivity index (χ3v) is 7.04. The molecule has 1 aromatic carbocycles. The van der Waals surface area contributed by atoms with Gasteiger partial charge in [0.1, 0.15) is 12.4 Å². The van der Waals surface area contributed by atoms with Crippen LogP contribution in [0.1, 0.15) is 48.4 Å². The minimum absolute atomic E-state index is 0.0694. The molecular formula is C26H38N2O4S. The van der Waals surface area contributed by atoms with Gasteiger partial charge in [-0.1, -0.05) is 24.6 Å². The van der Waals surface area contributed by atoms with Crippen molar-refractivity contribution in [2.75, 3.05) is 39.4 Å². The molecule has 0 saturated heterocycles. The van der Waals surface area contributed by atoms with Crippen molar-refractivity contribution in [3.63, 3.8) is 0 Å². The molecule has 6 nitrogen and oxygen atoms in total. The minimum atomic E-state index is -0.617. The second-order valence-electron chi connectivity index (χ2n) is 9.10. The average molecular weight is 475 g/mol. The maximum Gasteiger partial charge on any atom is 0.237 e. The molecule has 7 heteroatoms. The highest BCUT2D eigenvalue weighted by atomic mass is 32.1. The van der Waals surface area contributed by atoms with Crippen LogP contribution >= 0.6 is 11.3 Å². The summed E-state index contributed by atoms with van der Waals surface area (Å²) < 4.78 is 11.7. The maximum atomic E-state index is 13.4. The lowest BCUT2D eigenvalue weighted by Crippen LogP contribution is -2.48. The number of hydrogen-bond donors (Lipinski definition) is 1. The molecule has 1 amide bonds. The fourth-order valence-electron chi connectivity index (χ4n) is 4.25. The maximum absolute atomic E-state index is 13.4. The van der Waals surface area contributed by atoms with E-state index in [1.54, 1.807) is 11.3 Å². The topological polar surface area (TPSA) is 62.2 Å². The van der Waals surface area contributed by atoms with E-state index in [1.165, 1.54) is 16.0 Å². The smallest absolute Gasteiger partial charge is 0.237 e. The molecule has 0 saturated carbocycles. The third kappa shape index (κ3) is 7.03. The number of nitrogens with zero attached hydrogens (tertiary/aromatic N) is 2. The SMILES string of the molecule is CCN(CC(=O)N1CCc2sccc2C1COc1ccc(C)cc1C)CC(O)COC(C)C. The predicted molar refractivity (Wildman–Crippen MR) is 133 cm³/mol. The number of aliphatic hydroxyl groups excluding tert-OH is 1. The number of likely N-dealkylation sites (N-methyl/N-ethyl adjacent to an activating group) is 1. The van der Waals surface area contributed by atoms with Gasteiger partial charge in [0, 0.05) is 18.0 Å². The van der Waals surface area contributed by atoms with Gasteiger partial charge in [0.2, 0.25) is 5.91 Å². The van der Waals surface area contributed by atoms with Crippen molar-refractivity contribution in [2.24, 2.45) is 0 Å². The summed E-state index contributed by atoms with van der Waals surface area (Å²) >= 11 is 1.75. The molecule has 0 spiro atoms. The van der Waals surface area contributed by atoms with E-state index >= 15 is 0 Å². The molecule has 182 valence electrons. The molecular weight excluding hydrogens is 436 g/mol. The van der Waals surface area contributed by atoms with E-state index in [2.05, 4.69) is 37.4 Å². The van der Waals surface area contributed by atoms with E-state index in [4.69, 9.17) is 9.47 Å². The van der Waals surface area contributed by atoms with Crippen LogP contribution < -0.4 is 4.74 Å². The Balaban J connectivity index is 1.68. The average Bonchev–Trinajstić information content (AvgIpc) is 3.25. The zero-order valence-corrected chi connectivity index (χ0v) is 21.4. The van der Waals surface area contributed by atoms with Gasteiger partial charge in [-0.3, -0.25) is 9.69 Å². The van der Waals surface area contributed by atoms with Crippen molar-refractivity contribution in [1.82, 2.24) is 9.80 Å². The standard InChI is InChI=1S/C26H38N2O4S/c1-6-27(14-21(29)16-31-18(2)3)15-26(30)28-11-9-25-22(10-12-33-25)23(28)17-32-24-8-7-19(4)13-20(24)5/h7-8,10,12-13,18,21,23,29H,6,9,11,14-17H2,1-5H3. The molecule has 0 radical (unpaired) electrons. The summed E-state index contributed by atoms with van der Waals surface area (Å²) in [7, 11) is 0. The number of fused-ring (bicyclic) bond motifs is 1. The highest BCUT2D eigenvalue weighted by molar-refractivity contribution is 7.10. The van der Waals surface area contributed by atoms with Crippen LogP contribution in [0.2, 0.25) is 0 Å². The molecule has 2 atom stereocenters. The van der Waals surface area contributed by atoms with Crippen LogP contribution in [0.25, 0.3) is 0 Å². The Morgan fingerprint density at radius 3 is 2.79 bits per heavy atom. The second kappa shape index (κ2) is 12.0. The summed E-state index contributed by atoms with van der Waals surface area (Å²) in [6, 6.07) is 8.19. The first-order valence-corrected chi connectivity index (χ1v) is 12.7. The molecule has 0 bridgehead atoms. The Hall–Kier alpha value is -1.93. The molecule has 2 unspecified atom stereocenters. The van der Waals surface area contributed by atoms with Crippen LogP contribution in [0, 0.1) is 13.8 Å². The zero-order chi connectivity index (χ0) is 24.0. The van der Waals surface area contributed by atoms with Gasteiger partial charge in [-0.05, 0) is 69.3 Å². The lowest BCUT2D eigenvalue weighted by Gasteiger charge is -2.37. The van der Waals surface area contributed by atoms with Gasteiger partial charge in [-0.25, -0.2) is 0 Å². The molecule has 1 aromatic heterocycles. The number of aliphatic hydroxyl groups is 1. The minimum Gasteiger partial charge on any atom is -0.491 e. The number of carbonyl (C=O) groups excluding carboxylic acids is 1. The van der Waals surface area contributed by atoms with E-state index in [-0.39, 0.29) is 31.2 Å². The van der Waals surface area contributed by atoms with Gasteiger partial charge in [-0.2, -0.15) is 0 Å². The molecule has 1 aliphatic rings. The molecule has 1 N–H and O–H groups in total. The lowest BCUT2D eigenvalue weighted by atomic mass is 10.00. The summed E-state index contributed by atoms with van der Waals surface area (Å²) in [5.74, 6) is 0.929. The van der Waals surface area contributed by atoms with E-state index in [1.807, 2.05) is 36.6 Å². The summed E-state index contributed by atoms with van der Waals surface area (Å²) in [5, 5.41) is 12.4. The Morgan fingerprint density at radius 2 is 2.09 bits per heavy atom. The number of thiophene rings is 1. The number of ether oxygens (including phenoxy) is 2. The van der Waals surface area contributed by atoms with Gasteiger partial charge < -0.3 is 19.5 Å². The van der Waals surface area contributed by atoms with Gasteiger partial charge in [-0.15, -0.1) is 11.3 Å². The molecule has 33 heavy (non-hydrogen) atoms. The fourth-order valence-corrected chi connectivity index (χ4v) is 5.17. The summed E-state index contributed by atoms with van der Waals surface area (Å²) in [5.41, 5.74) is 3.50. The summed E-state index contributed by atoms with van der Waals surface area (Å²) in [6.07, 6.45) is 0.326. The number of amides is 1. The van der Waals surface area contributed by atoms with Crippen molar-refractivity contribution in [2.45, 2.75) is 59.3 Å². The largest absolute Gasteiger partial charge is 0.491 e. The number of hydrogen-bond acceptors (Lipinski definition) is 6. The van der Waals surface area contributed by atoms with Gasteiger partial charge >= 0.3 is 0 Å². The van der Waals surface area contributed by atoms with Crippen LogP contribution in [0.3, 0.4) is 0 Å². The first-order valence-electron chi connectivity index (χ1n) is 11.9. The van der Waals surface area contributed by atoms with Crippen LogP contribution in [0.15, 0.2) is 29.6 Å². The molecule has 2 aromatic rings. The number of benzene rings is 1. The van der Waals surface area contributed by atoms with E-state index in [0.29, 0.717) is 26.2 Å². The normalized spacial score (nSPS) is 16.8. The number of aryl methyl sites for hydroxylation is 2. The molecule has 3 rings (SSSR count). The van der Waals surface area contributed by atoms with Crippen LogP contribution in [0.4, 0.5) is 0 Å². The van der Waals surface area contributed by atoms with Crippen molar-refractivity contribution in [1.29, 1.82) is 0 Å². The van der Waals surface area contributed by atoms with Gasteiger partial charge in [0.15, 0.2) is 0 Å². The van der Waals surface area contributed by atoms with E-state index in [9.17, 15) is 9.90 Å². The Bertz CT molecular complexity index is 913. The summed E-state index contributed by atoms with van der Waals surface area (Å²) in [6.45, 7) is 12.8.